The molecule has 0 aliphatic rings. The molecule has 3 aromatic rings. The van der Waals surface area contributed by atoms with Crippen LogP contribution in [0.4, 0.5) is 21.7 Å². The van der Waals surface area contributed by atoms with Crippen LogP contribution in [0.2, 0.25) is 0 Å². The number of anilines is 3. The van der Waals surface area contributed by atoms with Crippen LogP contribution in [-0.2, 0) is 0 Å². The van der Waals surface area contributed by atoms with Crippen molar-refractivity contribution in [3.8, 4) is 0 Å². The van der Waals surface area contributed by atoms with Crippen molar-refractivity contribution in [1.82, 2.24) is 9.97 Å². The summed E-state index contributed by atoms with van der Waals surface area (Å²) in [6.45, 7) is 3.78. The molecular weight excluding hydrogens is 319 g/mol. The summed E-state index contributed by atoms with van der Waals surface area (Å²) in [6, 6.07) is 14.6. The Kier molecular flexibility index (Phi) is 4.70. The molecule has 5 nitrogen and oxygen atoms in total. The Bertz CT molecular complexity index is 907. The van der Waals surface area contributed by atoms with E-state index >= 15 is 0 Å². The van der Waals surface area contributed by atoms with Gasteiger partial charge in [-0.2, -0.15) is 0 Å². The Labute approximate surface area is 145 Å². The zero-order valence-electron chi connectivity index (χ0n) is 13.9. The molecule has 0 bridgehead atoms. The Balaban J connectivity index is 1.77. The molecule has 6 heteroatoms. The van der Waals surface area contributed by atoms with Crippen molar-refractivity contribution in [3.05, 3.63) is 77.4 Å². The molecule has 0 aliphatic carbocycles. The van der Waals surface area contributed by atoms with Gasteiger partial charge in [-0.05, 0) is 56.3 Å². The fourth-order valence-electron chi connectivity index (χ4n) is 2.42. The number of aromatic nitrogens is 2. The second kappa shape index (κ2) is 7.09. The molecule has 1 amide bonds. The van der Waals surface area contributed by atoms with Gasteiger partial charge in [0.05, 0.1) is 0 Å². The number of hydrogen-bond acceptors (Lipinski definition) is 4. The number of nitrogens with zero attached hydrogens (tertiary/aromatic N) is 2. The molecule has 0 atom stereocenters. The van der Waals surface area contributed by atoms with Crippen LogP contribution >= 0.6 is 0 Å². The van der Waals surface area contributed by atoms with Gasteiger partial charge in [0.25, 0.3) is 5.91 Å². The molecule has 0 radical (unpaired) electrons. The number of nitrogens with one attached hydrogen (secondary N) is 2. The van der Waals surface area contributed by atoms with E-state index in [4.69, 9.17) is 0 Å². The van der Waals surface area contributed by atoms with Crippen LogP contribution < -0.4 is 10.6 Å². The Morgan fingerprint density at radius 3 is 2.32 bits per heavy atom. The highest BCUT2D eigenvalue weighted by molar-refractivity contribution is 6.04. The summed E-state index contributed by atoms with van der Waals surface area (Å²) < 4.78 is 13.2. The smallest absolute Gasteiger partial charge is 0.255 e. The minimum atomic E-state index is -0.403. The SMILES string of the molecule is Cc1cc(C)nc(Nc2cccc(C(=O)Nc3cccc(F)c3)c2)n1. The average Bonchev–Trinajstić information content (AvgIpc) is 2.54. The lowest BCUT2D eigenvalue weighted by atomic mass is 10.2. The maximum Gasteiger partial charge on any atom is 0.255 e. The maximum absolute atomic E-state index is 13.2. The topological polar surface area (TPSA) is 66.9 Å². The Morgan fingerprint density at radius 1 is 0.920 bits per heavy atom. The lowest BCUT2D eigenvalue weighted by Gasteiger charge is -2.09. The van der Waals surface area contributed by atoms with Crippen LogP contribution in [0.15, 0.2) is 54.6 Å². The van der Waals surface area contributed by atoms with Crippen molar-refractivity contribution in [2.75, 3.05) is 10.6 Å². The highest BCUT2D eigenvalue weighted by atomic mass is 19.1. The van der Waals surface area contributed by atoms with Crippen molar-refractivity contribution >= 4 is 23.2 Å². The summed E-state index contributed by atoms with van der Waals surface area (Å²) in [6.07, 6.45) is 0. The fraction of sp³-hybridized carbons (Fsp3) is 0.105. The molecule has 0 unspecified atom stereocenters. The van der Waals surface area contributed by atoms with Gasteiger partial charge in [-0.25, -0.2) is 14.4 Å². The van der Waals surface area contributed by atoms with E-state index in [9.17, 15) is 9.18 Å². The molecule has 1 aromatic heterocycles. The number of aryl methyl sites for hydroxylation is 2. The largest absolute Gasteiger partial charge is 0.324 e. The van der Waals surface area contributed by atoms with E-state index in [1.54, 1.807) is 30.3 Å². The van der Waals surface area contributed by atoms with Gasteiger partial charge in [-0.1, -0.05) is 12.1 Å². The lowest BCUT2D eigenvalue weighted by molar-refractivity contribution is 0.102. The number of rotatable bonds is 4. The highest BCUT2D eigenvalue weighted by Crippen LogP contribution is 2.17. The predicted octanol–water partition coefficient (Wildman–Crippen LogP) is 4.23. The Hall–Kier alpha value is -3.28. The first-order valence-electron chi connectivity index (χ1n) is 7.76. The minimum absolute atomic E-state index is 0.324. The number of carbonyl (C=O) groups is 1. The van der Waals surface area contributed by atoms with Gasteiger partial charge in [0.15, 0.2) is 0 Å². The monoisotopic (exact) mass is 336 g/mol. The van der Waals surface area contributed by atoms with Crippen LogP contribution in [0.25, 0.3) is 0 Å². The summed E-state index contributed by atoms with van der Waals surface area (Å²) in [5, 5.41) is 5.76. The first-order chi connectivity index (χ1) is 12.0. The molecule has 0 spiro atoms. The van der Waals surface area contributed by atoms with E-state index in [2.05, 4.69) is 20.6 Å². The zero-order chi connectivity index (χ0) is 17.8. The molecule has 0 aliphatic heterocycles. The lowest BCUT2D eigenvalue weighted by Crippen LogP contribution is -2.12. The van der Waals surface area contributed by atoms with Crippen LogP contribution in [0.5, 0.6) is 0 Å². The molecular formula is C19H17FN4O. The highest BCUT2D eigenvalue weighted by Gasteiger charge is 2.08. The van der Waals surface area contributed by atoms with Crippen molar-refractivity contribution in [1.29, 1.82) is 0 Å². The van der Waals surface area contributed by atoms with Crippen molar-refractivity contribution < 1.29 is 9.18 Å². The first kappa shape index (κ1) is 16.6. The molecule has 126 valence electrons. The zero-order valence-corrected chi connectivity index (χ0v) is 13.9. The number of carbonyl (C=O) groups excluding carboxylic acids is 1. The van der Waals surface area contributed by atoms with Crippen LogP contribution in [-0.4, -0.2) is 15.9 Å². The standard InChI is InChI=1S/C19H17FN4O/c1-12-9-13(2)22-19(21-12)24-16-7-3-5-14(10-16)18(25)23-17-8-4-6-15(20)11-17/h3-11H,1-2H3,(H,23,25)(H,21,22,24). The molecule has 2 aromatic carbocycles. The predicted molar refractivity (Wildman–Crippen MR) is 95.6 cm³/mol. The summed E-state index contributed by atoms with van der Waals surface area (Å²) >= 11 is 0. The van der Waals surface area contributed by atoms with Gasteiger partial charge in [0.1, 0.15) is 5.82 Å². The van der Waals surface area contributed by atoms with Gasteiger partial charge in [-0.15, -0.1) is 0 Å². The molecule has 0 saturated heterocycles. The normalized spacial score (nSPS) is 10.4. The molecule has 0 saturated carbocycles. The molecule has 3 rings (SSSR count). The fourth-order valence-corrected chi connectivity index (χ4v) is 2.42. The van der Waals surface area contributed by atoms with Crippen LogP contribution in [0.1, 0.15) is 21.7 Å². The number of hydrogen-bond donors (Lipinski definition) is 2. The van der Waals surface area contributed by atoms with Gasteiger partial charge < -0.3 is 10.6 Å². The quantitative estimate of drug-likeness (QED) is 0.748. The van der Waals surface area contributed by atoms with Crippen LogP contribution in [0.3, 0.4) is 0 Å². The van der Waals surface area contributed by atoms with Crippen molar-refractivity contribution in [2.24, 2.45) is 0 Å². The average molecular weight is 336 g/mol. The third-order valence-electron chi connectivity index (χ3n) is 3.45. The van der Waals surface area contributed by atoms with Crippen LogP contribution in [0, 0.1) is 19.7 Å². The van der Waals surface area contributed by atoms with E-state index < -0.39 is 5.82 Å². The van der Waals surface area contributed by atoms with E-state index in [1.807, 2.05) is 26.0 Å². The van der Waals surface area contributed by atoms with Gasteiger partial charge in [0.2, 0.25) is 5.95 Å². The van der Waals surface area contributed by atoms with Crippen molar-refractivity contribution in [2.45, 2.75) is 13.8 Å². The number of amides is 1. The summed E-state index contributed by atoms with van der Waals surface area (Å²) in [5.41, 5.74) is 3.25. The summed E-state index contributed by atoms with van der Waals surface area (Å²) in [7, 11) is 0. The number of benzene rings is 2. The number of halogens is 1. The maximum atomic E-state index is 13.2. The van der Waals surface area contributed by atoms with E-state index in [1.165, 1.54) is 12.1 Å². The Morgan fingerprint density at radius 2 is 1.60 bits per heavy atom. The third-order valence-corrected chi connectivity index (χ3v) is 3.45. The van der Waals surface area contributed by atoms with E-state index in [-0.39, 0.29) is 5.91 Å². The minimum Gasteiger partial charge on any atom is -0.324 e. The second-order valence-electron chi connectivity index (χ2n) is 5.64. The molecule has 25 heavy (non-hydrogen) atoms. The van der Waals surface area contributed by atoms with Gasteiger partial charge in [0, 0.05) is 28.3 Å². The summed E-state index contributed by atoms with van der Waals surface area (Å²) in [4.78, 5) is 21.0. The second-order valence-corrected chi connectivity index (χ2v) is 5.64. The van der Waals surface area contributed by atoms with E-state index in [0.29, 0.717) is 22.9 Å². The molecule has 1 heterocycles. The summed E-state index contributed by atoms with van der Waals surface area (Å²) in [5.74, 6) is -0.254. The van der Waals surface area contributed by atoms with Gasteiger partial charge in [-0.3, -0.25) is 4.79 Å². The molecule has 2 N–H and O–H groups in total. The van der Waals surface area contributed by atoms with Gasteiger partial charge >= 0.3 is 0 Å². The van der Waals surface area contributed by atoms with Crippen molar-refractivity contribution in [3.63, 3.8) is 0 Å². The van der Waals surface area contributed by atoms with E-state index in [0.717, 1.165) is 11.4 Å². The third kappa shape index (κ3) is 4.38. The molecule has 0 fully saturated rings. The first-order valence-corrected chi connectivity index (χ1v) is 7.76.